The van der Waals surface area contributed by atoms with Gasteiger partial charge in [0.2, 0.25) is 0 Å². The Morgan fingerprint density at radius 3 is 2.54 bits per heavy atom. The van der Waals surface area contributed by atoms with E-state index in [1.54, 1.807) is 11.9 Å². The van der Waals surface area contributed by atoms with Crippen molar-refractivity contribution in [2.45, 2.75) is 31.6 Å². The van der Waals surface area contributed by atoms with Gasteiger partial charge >= 0.3 is 12.1 Å². The third-order valence-electron chi connectivity index (χ3n) is 4.33. The largest absolute Gasteiger partial charge is 0.480 e. The molecule has 0 bridgehead atoms. The van der Waals surface area contributed by atoms with Gasteiger partial charge in [-0.05, 0) is 56.7 Å². The van der Waals surface area contributed by atoms with Gasteiger partial charge in [-0.15, -0.1) is 0 Å². The number of carboxylic acid groups (broad SMARTS) is 1. The van der Waals surface area contributed by atoms with Crippen LogP contribution in [0.5, 0.6) is 0 Å². The third-order valence-corrected chi connectivity index (χ3v) is 4.70. The van der Waals surface area contributed by atoms with E-state index >= 15 is 0 Å². The zero-order valence-electron chi connectivity index (χ0n) is 13.3. The first-order chi connectivity index (χ1) is 11.2. The highest BCUT2D eigenvalue weighted by molar-refractivity contribution is 6.31. The van der Waals surface area contributed by atoms with Gasteiger partial charge in [-0.1, -0.05) is 11.6 Å². The number of likely N-dealkylation sites (N-methyl/N-ethyl adjacent to an activating group) is 1. The maximum atomic E-state index is 12.8. The second-order valence-corrected chi connectivity index (χ2v) is 6.53. The van der Waals surface area contributed by atoms with E-state index in [2.05, 4.69) is 0 Å². The molecule has 1 heterocycles. The first-order valence-corrected chi connectivity index (χ1v) is 8.04. The van der Waals surface area contributed by atoms with E-state index < -0.39 is 17.7 Å². The summed E-state index contributed by atoms with van der Waals surface area (Å²) < 4.78 is 38.4. The lowest BCUT2D eigenvalue weighted by Crippen LogP contribution is -2.44. The number of carbonyl (C=O) groups is 1. The molecule has 1 aromatic rings. The number of likely N-dealkylation sites (tertiary alicyclic amines) is 1. The van der Waals surface area contributed by atoms with Crippen molar-refractivity contribution in [2.24, 2.45) is 0 Å². The fourth-order valence-corrected chi connectivity index (χ4v) is 3.15. The van der Waals surface area contributed by atoms with Gasteiger partial charge in [0.15, 0.2) is 0 Å². The van der Waals surface area contributed by atoms with Crippen LogP contribution < -0.4 is 0 Å². The van der Waals surface area contributed by atoms with E-state index in [1.807, 2.05) is 4.90 Å². The molecule has 0 unspecified atom stereocenters. The second kappa shape index (κ2) is 7.72. The molecule has 2 rings (SSSR count). The van der Waals surface area contributed by atoms with Gasteiger partial charge in [-0.25, -0.2) is 0 Å². The number of aliphatic carboxylic acids is 1. The minimum absolute atomic E-state index is 0.00980. The second-order valence-electron chi connectivity index (χ2n) is 6.12. The molecule has 0 saturated carbocycles. The molecule has 1 saturated heterocycles. The Bertz CT molecular complexity index is 587. The highest BCUT2D eigenvalue weighted by Gasteiger charge is 2.31. The van der Waals surface area contributed by atoms with Crippen molar-refractivity contribution in [3.8, 4) is 0 Å². The molecule has 0 atom stereocenters. The Labute approximate surface area is 143 Å². The van der Waals surface area contributed by atoms with Crippen molar-refractivity contribution in [3.63, 3.8) is 0 Å². The Morgan fingerprint density at radius 2 is 2.00 bits per heavy atom. The quantitative estimate of drug-likeness (QED) is 0.870. The van der Waals surface area contributed by atoms with Gasteiger partial charge in [0, 0.05) is 17.6 Å². The van der Waals surface area contributed by atoms with Crippen LogP contribution in [0.15, 0.2) is 18.2 Å². The van der Waals surface area contributed by atoms with E-state index in [0.717, 1.165) is 25.0 Å². The number of hydrogen-bond acceptors (Lipinski definition) is 3. The van der Waals surface area contributed by atoms with E-state index in [-0.39, 0.29) is 12.6 Å². The average Bonchev–Trinajstić information content (AvgIpc) is 2.48. The van der Waals surface area contributed by atoms with Crippen molar-refractivity contribution < 1.29 is 23.1 Å². The van der Waals surface area contributed by atoms with Crippen LogP contribution in [0.3, 0.4) is 0 Å². The summed E-state index contributed by atoms with van der Waals surface area (Å²) in [6.07, 6.45) is -2.83. The summed E-state index contributed by atoms with van der Waals surface area (Å²) >= 11 is 6.03. The number of hydrogen-bond donors (Lipinski definition) is 1. The maximum Gasteiger partial charge on any atom is 0.416 e. The molecule has 1 N–H and O–H groups in total. The molecular formula is C16H20ClF3N2O2. The molecule has 0 radical (unpaired) electrons. The van der Waals surface area contributed by atoms with Gasteiger partial charge in [0.1, 0.15) is 0 Å². The first kappa shape index (κ1) is 19.0. The lowest BCUT2D eigenvalue weighted by molar-refractivity contribution is -0.139. The van der Waals surface area contributed by atoms with Crippen LogP contribution in [-0.4, -0.2) is 53.6 Å². The predicted octanol–water partition coefficient (Wildman–Crippen LogP) is 3.34. The number of nitrogens with zero attached hydrogens (tertiary/aromatic N) is 2. The molecule has 0 aliphatic carbocycles. The summed E-state index contributed by atoms with van der Waals surface area (Å²) in [6.45, 7) is 1.74. The summed E-state index contributed by atoms with van der Waals surface area (Å²) in [7, 11) is 1.78. The molecule has 0 spiro atoms. The standard InChI is InChI=1S/C16H20ClF3N2O2/c1-21(10-15(23)24)13-4-6-22(7-5-13)9-11-8-12(16(18,19)20)2-3-14(11)17/h2-3,8,13H,4-7,9-10H2,1H3,(H,23,24). The maximum absolute atomic E-state index is 12.8. The van der Waals surface area contributed by atoms with E-state index in [1.165, 1.54) is 6.07 Å². The minimum atomic E-state index is -4.38. The van der Waals surface area contributed by atoms with Crippen LogP contribution in [0.4, 0.5) is 13.2 Å². The van der Waals surface area contributed by atoms with Crippen molar-refractivity contribution in [3.05, 3.63) is 34.3 Å². The SMILES string of the molecule is CN(CC(=O)O)C1CCN(Cc2cc(C(F)(F)F)ccc2Cl)CC1. The fraction of sp³-hybridized carbons (Fsp3) is 0.562. The van der Waals surface area contributed by atoms with Gasteiger partial charge in [-0.2, -0.15) is 13.2 Å². The molecule has 0 amide bonds. The number of carboxylic acids is 1. The van der Waals surface area contributed by atoms with Crippen LogP contribution in [-0.2, 0) is 17.5 Å². The zero-order valence-corrected chi connectivity index (χ0v) is 14.1. The van der Waals surface area contributed by atoms with Gasteiger partial charge in [0.25, 0.3) is 0 Å². The monoisotopic (exact) mass is 364 g/mol. The fourth-order valence-electron chi connectivity index (χ4n) is 2.97. The van der Waals surface area contributed by atoms with Crippen LogP contribution in [0.2, 0.25) is 5.02 Å². The number of rotatable bonds is 5. The molecule has 1 aliphatic heterocycles. The van der Waals surface area contributed by atoms with Crippen molar-refractivity contribution in [1.82, 2.24) is 9.80 Å². The smallest absolute Gasteiger partial charge is 0.416 e. The van der Waals surface area contributed by atoms with Crippen LogP contribution in [0, 0.1) is 0 Å². The topological polar surface area (TPSA) is 43.8 Å². The van der Waals surface area contributed by atoms with E-state index in [4.69, 9.17) is 16.7 Å². The van der Waals surface area contributed by atoms with Crippen LogP contribution >= 0.6 is 11.6 Å². The average molecular weight is 365 g/mol. The number of halogens is 4. The molecule has 1 aliphatic rings. The summed E-state index contributed by atoms with van der Waals surface area (Å²) in [5.41, 5.74) is -0.234. The molecule has 0 aromatic heterocycles. The van der Waals surface area contributed by atoms with E-state index in [0.29, 0.717) is 30.2 Å². The van der Waals surface area contributed by atoms with Crippen molar-refractivity contribution in [2.75, 3.05) is 26.7 Å². The molecule has 4 nitrogen and oxygen atoms in total. The summed E-state index contributed by atoms with van der Waals surface area (Å²) in [4.78, 5) is 14.6. The van der Waals surface area contributed by atoms with Gasteiger partial charge in [-0.3, -0.25) is 14.6 Å². The van der Waals surface area contributed by atoms with Crippen molar-refractivity contribution >= 4 is 17.6 Å². The lowest BCUT2D eigenvalue weighted by atomic mass is 10.0. The Balaban J connectivity index is 1.95. The van der Waals surface area contributed by atoms with Gasteiger partial charge < -0.3 is 5.11 Å². The number of benzene rings is 1. The first-order valence-electron chi connectivity index (χ1n) is 7.67. The normalized spacial score (nSPS) is 17.4. The van der Waals surface area contributed by atoms with E-state index in [9.17, 15) is 18.0 Å². The molecule has 134 valence electrons. The number of alkyl halides is 3. The molecular weight excluding hydrogens is 345 g/mol. The highest BCUT2D eigenvalue weighted by atomic mass is 35.5. The predicted molar refractivity (Wildman–Crippen MR) is 85.0 cm³/mol. The van der Waals surface area contributed by atoms with Crippen molar-refractivity contribution in [1.29, 1.82) is 0 Å². The minimum Gasteiger partial charge on any atom is -0.480 e. The summed E-state index contributed by atoms with van der Waals surface area (Å²) in [5, 5.41) is 9.15. The molecule has 24 heavy (non-hydrogen) atoms. The molecule has 8 heteroatoms. The summed E-state index contributed by atoms with van der Waals surface area (Å²) in [5.74, 6) is -0.865. The lowest BCUT2D eigenvalue weighted by Gasteiger charge is -2.36. The van der Waals surface area contributed by atoms with Crippen LogP contribution in [0.1, 0.15) is 24.0 Å². The Hall–Kier alpha value is -1.31. The summed E-state index contributed by atoms with van der Waals surface area (Å²) in [6, 6.07) is 3.55. The number of piperidine rings is 1. The zero-order chi connectivity index (χ0) is 17.9. The molecule has 1 aromatic carbocycles. The highest BCUT2D eigenvalue weighted by Crippen LogP contribution is 2.32. The van der Waals surface area contributed by atoms with Crippen LogP contribution in [0.25, 0.3) is 0 Å². The van der Waals surface area contributed by atoms with Gasteiger partial charge in [0.05, 0.1) is 12.1 Å². The Kier molecular flexibility index (Phi) is 6.11. The Morgan fingerprint density at radius 1 is 1.38 bits per heavy atom. The third kappa shape index (κ3) is 5.09. The molecule has 1 fully saturated rings.